The first-order valence-electron chi connectivity index (χ1n) is 7.52. The molecular formula is C16H15N5O2. The van der Waals surface area contributed by atoms with Crippen molar-refractivity contribution in [3.63, 3.8) is 0 Å². The summed E-state index contributed by atoms with van der Waals surface area (Å²) in [6, 6.07) is 7.52. The Bertz CT molecular complexity index is 839. The van der Waals surface area contributed by atoms with E-state index in [1.165, 1.54) is 6.08 Å². The van der Waals surface area contributed by atoms with Gasteiger partial charge in [0, 0.05) is 37.6 Å². The molecule has 0 bridgehead atoms. The summed E-state index contributed by atoms with van der Waals surface area (Å²) < 4.78 is 0. The molecule has 1 fully saturated rings. The maximum Gasteiger partial charge on any atom is 0.260 e. The summed E-state index contributed by atoms with van der Waals surface area (Å²) in [7, 11) is 0. The van der Waals surface area contributed by atoms with E-state index in [9.17, 15) is 9.59 Å². The molecule has 2 N–H and O–H groups in total. The van der Waals surface area contributed by atoms with Crippen LogP contribution in [0.15, 0.2) is 30.3 Å². The van der Waals surface area contributed by atoms with Crippen LogP contribution < -0.4 is 15.5 Å². The van der Waals surface area contributed by atoms with Gasteiger partial charge in [-0.25, -0.2) is 9.97 Å². The van der Waals surface area contributed by atoms with Crippen LogP contribution in [0.2, 0.25) is 0 Å². The molecular weight excluding hydrogens is 294 g/mol. The minimum absolute atomic E-state index is 0.296. The minimum Gasteiger partial charge on any atom is -0.338 e. The lowest BCUT2D eigenvalue weighted by Gasteiger charge is -2.27. The van der Waals surface area contributed by atoms with Gasteiger partial charge in [0.1, 0.15) is 0 Å². The van der Waals surface area contributed by atoms with Gasteiger partial charge >= 0.3 is 0 Å². The number of aromatic nitrogens is 2. The number of nitrogens with one attached hydrogen (secondary N) is 2. The summed E-state index contributed by atoms with van der Waals surface area (Å²) in [5, 5.41) is 6.33. The number of imide groups is 1. The van der Waals surface area contributed by atoms with Gasteiger partial charge < -0.3 is 10.2 Å². The summed E-state index contributed by atoms with van der Waals surface area (Å²) in [6.45, 7) is 3.35. The molecule has 1 aromatic carbocycles. The van der Waals surface area contributed by atoms with Crippen molar-refractivity contribution < 1.29 is 9.59 Å². The van der Waals surface area contributed by atoms with Crippen LogP contribution in [0.25, 0.3) is 16.5 Å². The summed E-state index contributed by atoms with van der Waals surface area (Å²) in [5.41, 5.74) is 1.57. The van der Waals surface area contributed by atoms with Crippen molar-refractivity contribution in [2.75, 3.05) is 31.1 Å². The number of nitrogens with zero attached hydrogens (tertiary/aromatic N) is 3. The molecule has 2 aliphatic heterocycles. The van der Waals surface area contributed by atoms with E-state index in [0.717, 1.165) is 37.1 Å². The monoisotopic (exact) mass is 309 g/mol. The molecule has 3 heterocycles. The molecule has 0 saturated carbocycles. The summed E-state index contributed by atoms with van der Waals surface area (Å²) >= 11 is 0. The molecule has 23 heavy (non-hydrogen) atoms. The van der Waals surface area contributed by atoms with E-state index in [1.807, 2.05) is 24.3 Å². The highest BCUT2D eigenvalue weighted by atomic mass is 16.2. The van der Waals surface area contributed by atoms with Gasteiger partial charge in [0.25, 0.3) is 11.8 Å². The lowest BCUT2D eigenvalue weighted by molar-refractivity contribution is -0.123. The molecule has 0 atom stereocenters. The largest absolute Gasteiger partial charge is 0.338 e. The Hall–Kier alpha value is -2.80. The number of hydrogen-bond donors (Lipinski definition) is 2. The molecule has 2 aromatic rings. The van der Waals surface area contributed by atoms with Crippen LogP contribution in [-0.4, -0.2) is 48.0 Å². The van der Waals surface area contributed by atoms with E-state index in [0.29, 0.717) is 17.2 Å². The van der Waals surface area contributed by atoms with Crippen LogP contribution in [0.1, 0.15) is 5.69 Å². The van der Waals surface area contributed by atoms with Crippen LogP contribution in [0.4, 0.5) is 5.95 Å². The lowest BCUT2D eigenvalue weighted by atomic mass is 10.1. The van der Waals surface area contributed by atoms with E-state index in [4.69, 9.17) is 0 Å². The normalized spacial score (nSPS) is 18.3. The highest BCUT2D eigenvalue weighted by Crippen LogP contribution is 2.27. The highest BCUT2D eigenvalue weighted by molar-refractivity contribution is 6.34. The van der Waals surface area contributed by atoms with Gasteiger partial charge in [0.05, 0.1) is 16.8 Å². The Balaban J connectivity index is 1.89. The predicted octanol–water partition coefficient (Wildman–Crippen LogP) is 0.0792. The lowest BCUT2D eigenvalue weighted by Crippen LogP contribution is -2.44. The van der Waals surface area contributed by atoms with Crippen LogP contribution in [0, 0.1) is 0 Å². The fourth-order valence-corrected chi connectivity index (χ4v) is 2.86. The van der Waals surface area contributed by atoms with E-state index < -0.39 is 11.8 Å². The van der Waals surface area contributed by atoms with Crippen LogP contribution >= 0.6 is 0 Å². The second-order valence-electron chi connectivity index (χ2n) is 5.50. The SMILES string of the molecule is O=C1C=C(c2nc(N3CCNCC3)nc3ccccc23)C(=O)N1. The van der Waals surface area contributed by atoms with Gasteiger partial charge in [-0.15, -0.1) is 0 Å². The number of hydrogen-bond acceptors (Lipinski definition) is 6. The summed E-state index contributed by atoms with van der Waals surface area (Å²) in [5.74, 6) is -0.227. The van der Waals surface area contributed by atoms with Crippen molar-refractivity contribution in [2.24, 2.45) is 0 Å². The van der Waals surface area contributed by atoms with Crippen molar-refractivity contribution in [1.82, 2.24) is 20.6 Å². The molecule has 1 saturated heterocycles. The maximum absolute atomic E-state index is 12.0. The molecule has 7 heteroatoms. The molecule has 2 aliphatic rings. The van der Waals surface area contributed by atoms with Gasteiger partial charge in [-0.1, -0.05) is 18.2 Å². The van der Waals surface area contributed by atoms with Gasteiger partial charge in [-0.3, -0.25) is 14.9 Å². The van der Waals surface area contributed by atoms with Gasteiger partial charge in [0.15, 0.2) is 0 Å². The fraction of sp³-hybridized carbons (Fsp3) is 0.250. The summed E-state index contributed by atoms with van der Waals surface area (Å²) in [4.78, 5) is 34.8. The van der Waals surface area contributed by atoms with Crippen molar-refractivity contribution in [2.45, 2.75) is 0 Å². The minimum atomic E-state index is -0.412. The fourth-order valence-electron chi connectivity index (χ4n) is 2.86. The van der Waals surface area contributed by atoms with E-state index in [-0.39, 0.29) is 0 Å². The molecule has 116 valence electrons. The van der Waals surface area contributed by atoms with Crippen molar-refractivity contribution in [1.29, 1.82) is 0 Å². The third-order valence-corrected chi connectivity index (χ3v) is 4.00. The molecule has 7 nitrogen and oxygen atoms in total. The Labute approximate surface area is 132 Å². The van der Waals surface area contributed by atoms with Crippen LogP contribution in [-0.2, 0) is 9.59 Å². The summed E-state index contributed by atoms with van der Waals surface area (Å²) in [6.07, 6.45) is 1.30. The molecule has 4 rings (SSSR count). The van der Waals surface area contributed by atoms with Crippen molar-refractivity contribution in [3.05, 3.63) is 36.0 Å². The Morgan fingerprint density at radius 2 is 1.83 bits per heavy atom. The standard InChI is InChI=1S/C16H15N5O2/c22-13-9-11(15(23)19-13)14-10-3-1-2-4-12(10)18-16(20-14)21-7-5-17-6-8-21/h1-4,9,17H,5-8H2,(H,19,22,23). The van der Waals surface area contributed by atoms with Gasteiger partial charge in [0.2, 0.25) is 5.95 Å². The van der Waals surface area contributed by atoms with E-state index in [1.54, 1.807) is 0 Å². The Kier molecular flexibility index (Phi) is 3.27. The van der Waals surface area contributed by atoms with Crippen molar-refractivity contribution in [3.8, 4) is 0 Å². The van der Waals surface area contributed by atoms with Crippen LogP contribution in [0.3, 0.4) is 0 Å². The van der Waals surface area contributed by atoms with Gasteiger partial charge in [-0.05, 0) is 6.07 Å². The molecule has 0 spiro atoms. The van der Waals surface area contributed by atoms with Gasteiger partial charge in [-0.2, -0.15) is 0 Å². The zero-order chi connectivity index (χ0) is 15.8. The second kappa shape index (κ2) is 5.44. The molecule has 0 unspecified atom stereocenters. The molecule has 0 radical (unpaired) electrons. The zero-order valence-corrected chi connectivity index (χ0v) is 12.4. The molecule has 1 aromatic heterocycles. The Morgan fingerprint density at radius 1 is 1.04 bits per heavy atom. The number of rotatable bonds is 2. The number of anilines is 1. The number of piperazine rings is 1. The van der Waals surface area contributed by atoms with E-state index >= 15 is 0 Å². The predicted molar refractivity (Wildman–Crippen MR) is 85.7 cm³/mol. The first kappa shape index (κ1) is 13.8. The quantitative estimate of drug-likeness (QED) is 0.764. The topological polar surface area (TPSA) is 87.2 Å². The third-order valence-electron chi connectivity index (χ3n) is 4.00. The number of fused-ring (bicyclic) bond motifs is 1. The van der Waals surface area contributed by atoms with Crippen LogP contribution in [0.5, 0.6) is 0 Å². The number of benzene rings is 1. The third kappa shape index (κ3) is 2.44. The molecule has 0 aliphatic carbocycles. The highest BCUT2D eigenvalue weighted by Gasteiger charge is 2.26. The zero-order valence-electron chi connectivity index (χ0n) is 12.4. The van der Waals surface area contributed by atoms with E-state index in [2.05, 4.69) is 25.5 Å². The number of amides is 2. The second-order valence-corrected chi connectivity index (χ2v) is 5.50. The Morgan fingerprint density at radius 3 is 2.57 bits per heavy atom. The number of para-hydroxylation sites is 1. The van der Waals surface area contributed by atoms with Crippen molar-refractivity contribution >= 4 is 34.2 Å². The number of carbonyl (C=O) groups excluding carboxylic acids is 2. The number of carbonyl (C=O) groups is 2. The first-order valence-corrected chi connectivity index (χ1v) is 7.52. The average molecular weight is 309 g/mol. The first-order chi connectivity index (χ1) is 11.2. The maximum atomic E-state index is 12.0. The molecule has 2 amide bonds. The average Bonchev–Trinajstić information content (AvgIpc) is 2.93. The smallest absolute Gasteiger partial charge is 0.260 e.